The van der Waals surface area contributed by atoms with Crippen molar-refractivity contribution in [2.45, 2.75) is 32.6 Å². The zero-order valence-electron chi connectivity index (χ0n) is 14.6. The standard InChI is InChI=1S/C19H18Cl2O6/c1-10(22)26-5-4-19-3-2-12(23)7-13(19)16-11(8-19)6-14(17(20)18(16)21)27-9-15(24)25/h6-7H,2-5,8-9H2,1H3,(H,24,25). The van der Waals surface area contributed by atoms with Gasteiger partial charge >= 0.3 is 11.9 Å². The minimum Gasteiger partial charge on any atom is -0.480 e. The number of carboxylic acid groups (broad SMARTS) is 1. The van der Waals surface area contributed by atoms with E-state index in [0.29, 0.717) is 31.2 Å². The summed E-state index contributed by atoms with van der Waals surface area (Å²) in [6, 6.07) is 1.68. The van der Waals surface area contributed by atoms with Crippen LogP contribution in [0.15, 0.2) is 12.1 Å². The number of hydrogen-bond donors (Lipinski definition) is 1. The number of ether oxygens (including phenoxy) is 2. The fourth-order valence-electron chi connectivity index (χ4n) is 3.83. The molecule has 6 nitrogen and oxygen atoms in total. The van der Waals surface area contributed by atoms with Gasteiger partial charge in [0, 0.05) is 24.3 Å². The molecule has 0 fully saturated rings. The Morgan fingerprint density at radius 2 is 2.04 bits per heavy atom. The number of allylic oxidation sites excluding steroid dienone is 2. The third kappa shape index (κ3) is 3.82. The number of rotatable bonds is 6. The van der Waals surface area contributed by atoms with E-state index >= 15 is 0 Å². The van der Waals surface area contributed by atoms with Crippen molar-refractivity contribution in [3.05, 3.63) is 33.3 Å². The third-order valence-corrected chi connectivity index (χ3v) is 5.87. The van der Waals surface area contributed by atoms with Crippen LogP contribution in [0.2, 0.25) is 10.0 Å². The SMILES string of the molecule is CC(=O)OCCC12CCC(=O)C=C1c1c(cc(OCC(=O)O)c(Cl)c1Cl)C2. The van der Waals surface area contributed by atoms with Crippen molar-refractivity contribution in [2.75, 3.05) is 13.2 Å². The van der Waals surface area contributed by atoms with Gasteiger partial charge in [0.05, 0.1) is 11.6 Å². The average molecular weight is 413 g/mol. The first-order valence-electron chi connectivity index (χ1n) is 8.48. The van der Waals surface area contributed by atoms with Gasteiger partial charge in [0.25, 0.3) is 0 Å². The maximum atomic E-state index is 12.1. The lowest BCUT2D eigenvalue weighted by molar-refractivity contribution is -0.142. The largest absolute Gasteiger partial charge is 0.480 e. The van der Waals surface area contributed by atoms with Gasteiger partial charge < -0.3 is 14.6 Å². The Kier molecular flexibility index (Phi) is 5.49. The lowest BCUT2D eigenvalue weighted by atomic mass is 9.70. The summed E-state index contributed by atoms with van der Waals surface area (Å²) < 4.78 is 10.4. The molecule has 144 valence electrons. The number of aliphatic carboxylic acids is 1. The first-order valence-corrected chi connectivity index (χ1v) is 9.23. The summed E-state index contributed by atoms with van der Waals surface area (Å²) in [4.78, 5) is 34.0. The molecule has 0 radical (unpaired) electrons. The number of carboxylic acids is 1. The van der Waals surface area contributed by atoms with Crippen LogP contribution in [0.4, 0.5) is 0 Å². The molecule has 0 amide bonds. The monoisotopic (exact) mass is 412 g/mol. The van der Waals surface area contributed by atoms with Crippen LogP contribution >= 0.6 is 23.2 Å². The minimum atomic E-state index is -1.12. The number of esters is 1. The van der Waals surface area contributed by atoms with Crippen molar-refractivity contribution < 1.29 is 29.0 Å². The highest BCUT2D eigenvalue weighted by molar-refractivity contribution is 6.44. The molecule has 0 aliphatic heterocycles. The van der Waals surface area contributed by atoms with Crippen molar-refractivity contribution in [3.63, 3.8) is 0 Å². The summed E-state index contributed by atoms with van der Waals surface area (Å²) in [5.74, 6) is -1.27. The van der Waals surface area contributed by atoms with Crippen LogP contribution in [0.25, 0.3) is 5.57 Å². The van der Waals surface area contributed by atoms with E-state index in [2.05, 4.69) is 0 Å². The fraction of sp³-hybridized carbons (Fsp3) is 0.421. The molecular formula is C19H18Cl2O6. The first-order chi connectivity index (χ1) is 12.7. The van der Waals surface area contributed by atoms with Crippen LogP contribution in [0.5, 0.6) is 5.75 Å². The van der Waals surface area contributed by atoms with Gasteiger partial charge in [0.2, 0.25) is 0 Å². The van der Waals surface area contributed by atoms with Crippen LogP contribution < -0.4 is 4.74 Å². The number of ketones is 1. The van der Waals surface area contributed by atoms with E-state index < -0.39 is 12.6 Å². The van der Waals surface area contributed by atoms with Gasteiger partial charge in [-0.3, -0.25) is 9.59 Å². The topological polar surface area (TPSA) is 89.9 Å². The van der Waals surface area contributed by atoms with Crippen LogP contribution in [0.1, 0.15) is 37.3 Å². The Morgan fingerprint density at radius 1 is 1.30 bits per heavy atom. The average Bonchev–Trinajstić information content (AvgIpc) is 2.90. The van der Waals surface area contributed by atoms with E-state index in [1.807, 2.05) is 0 Å². The maximum Gasteiger partial charge on any atom is 0.341 e. The molecule has 0 aromatic heterocycles. The maximum absolute atomic E-state index is 12.1. The molecule has 2 aliphatic carbocycles. The third-order valence-electron chi connectivity index (χ3n) is 5.02. The van der Waals surface area contributed by atoms with E-state index in [4.69, 9.17) is 37.8 Å². The summed E-state index contributed by atoms with van der Waals surface area (Å²) in [5.41, 5.74) is 1.97. The smallest absolute Gasteiger partial charge is 0.341 e. The number of hydrogen-bond acceptors (Lipinski definition) is 5. The zero-order chi connectivity index (χ0) is 19.8. The first kappa shape index (κ1) is 19.7. The molecule has 1 aromatic rings. The molecule has 0 bridgehead atoms. The van der Waals surface area contributed by atoms with Crippen LogP contribution in [0.3, 0.4) is 0 Å². The van der Waals surface area contributed by atoms with Crippen LogP contribution in [0, 0.1) is 5.41 Å². The van der Waals surface area contributed by atoms with Gasteiger partial charge in [0.1, 0.15) is 10.8 Å². The summed E-state index contributed by atoms with van der Waals surface area (Å²) in [6.45, 7) is 1.06. The predicted molar refractivity (Wildman–Crippen MR) is 99.2 cm³/mol. The molecule has 3 rings (SSSR count). The molecule has 2 aliphatic rings. The van der Waals surface area contributed by atoms with E-state index in [1.54, 1.807) is 12.1 Å². The Bertz CT molecular complexity index is 860. The molecule has 0 saturated carbocycles. The number of fused-ring (bicyclic) bond motifs is 3. The number of carbonyl (C=O) groups excluding carboxylic acids is 2. The molecule has 1 unspecified atom stereocenters. The van der Waals surface area contributed by atoms with E-state index in [9.17, 15) is 14.4 Å². The molecule has 8 heteroatoms. The highest BCUT2D eigenvalue weighted by Gasteiger charge is 2.45. The zero-order valence-corrected chi connectivity index (χ0v) is 16.2. The molecule has 0 spiro atoms. The molecule has 1 aromatic carbocycles. The van der Waals surface area contributed by atoms with Crippen LogP contribution in [-0.2, 0) is 25.5 Å². The van der Waals surface area contributed by atoms with Crippen molar-refractivity contribution in [1.29, 1.82) is 0 Å². The van der Waals surface area contributed by atoms with Crippen LogP contribution in [-0.4, -0.2) is 36.0 Å². The molecule has 0 saturated heterocycles. The molecule has 0 heterocycles. The lowest BCUT2D eigenvalue weighted by Gasteiger charge is -2.33. The van der Waals surface area contributed by atoms with Gasteiger partial charge in [-0.1, -0.05) is 23.2 Å². The second kappa shape index (κ2) is 7.52. The van der Waals surface area contributed by atoms with Gasteiger partial charge in [-0.2, -0.15) is 0 Å². The number of carbonyl (C=O) groups is 3. The Labute approximate surface area is 166 Å². The normalized spacial score (nSPS) is 20.6. The number of halogens is 2. The Hall–Kier alpha value is -2.05. The highest BCUT2D eigenvalue weighted by Crippen LogP contribution is 2.57. The van der Waals surface area contributed by atoms with E-state index in [-0.39, 0.29) is 39.6 Å². The molecule has 1 atom stereocenters. The summed E-state index contributed by atoms with van der Waals surface area (Å²) in [6.07, 6.45) is 3.77. The second-order valence-corrected chi connectivity index (χ2v) is 7.55. The van der Waals surface area contributed by atoms with Gasteiger partial charge in [-0.25, -0.2) is 4.79 Å². The molecule has 1 N–H and O–H groups in total. The van der Waals surface area contributed by atoms with Crippen molar-refractivity contribution in [3.8, 4) is 5.75 Å². The van der Waals surface area contributed by atoms with Gasteiger partial charge in [-0.05, 0) is 42.5 Å². The predicted octanol–water partition coefficient (Wildman–Crippen LogP) is 3.70. The summed E-state index contributed by atoms with van der Waals surface area (Å²) in [7, 11) is 0. The second-order valence-electron chi connectivity index (χ2n) is 6.79. The number of benzene rings is 1. The Morgan fingerprint density at radius 3 is 2.70 bits per heavy atom. The quantitative estimate of drug-likeness (QED) is 0.716. The fourth-order valence-corrected chi connectivity index (χ4v) is 4.35. The van der Waals surface area contributed by atoms with Gasteiger partial charge in [0.15, 0.2) is 12.4 Å². The summed E-state index contributed by atoms with van der Waals surface area (Å²) in [5, 5.41) is 9.18. The molecular weight excluding hydrogens is 395 g/mol. The van der Waals surface area contributed by atoms with E-state index in [0.717, 1.165) is 11.1 Å². The minimum absolute atomic E-state index is 0.0133. The van der Waals surface area contributed by atoms with Gasteiger partial charge in [-0.15, -0.1) is 0 Å². The van der Waals surface area contributed by atoms with Crippen molar-refractivity contribution in [2.24, 2.45) is 5.41 Å². The highest BCUT2D eigenvalue weighted by atomic mass is 35.5. The van der Waals surface area contributed by atoms with Crippen molar-refractivity contribution in [1.82, 2.24) is 0 Å². The lowest BCUT2D eigenvalue weighted by Crippen LogP contribution is -2.27. The van der Waals surface area contributed by atoms with Crippen molar-refractivity contribution >= 4 is 46.5 Å². The van der Waals surface area contributed by atoms with E-state index in [1.165, 1.54) is 6.92 Å². The summed E-state index contributed by atoms with van der Waals surface area (Å²) >= 11 is 12.8. The molecule has 27 heavy (non-hydrogen) atoms. The Balaban J connectivity index is 2.00.